The van der Waals surface area contributed by atoms with E-state index in [4.69, 9.17) is 4.74 Å². The molecule has 2 aliphatic rings. The van der Waals surface area contributed by atoms with Crippen molar-refractivity contribution in [3.05, 3.63) is 42.5 Å². The predicted molar refractivity (Wildman–Crippen MR) is 101 cm³/mol. The Hall–Kier alpha value is -3.16. The Morgan fingerprint density at radius 3 is 2.79 bits per heavy atom. The van der Waals surface area contributed by atoms with Gasteiger partial charge in [-0.25, -0.2) is 4.79 Å². The zero-order chi connectivity index (χ0) is 20.3. The van der Waals surface area contributed by atoms with Crippen LogP contribution in [0.15, 0.2) is 36.9 Å². The maximum atomic E-state index is 13.1. The van der Waals surface area contributed by atoms with Crippen molar-refractivity contribution >= 4 is 29.4 Å². The van der Waals surface area contributed by atoms with Crippen molar-refractivity contribution < 1.29 is 23.9 Å². The average molecular weight is 385 g/mol. The van der Waals surface area contributed by atoms with Crippen LogP contribution in [0.25, 0.3) is 0 Å². The van der Waals surface area contributed by atoms with Crippen molar-refractivity contribution in [1.29, 1.82) is 0 Å². The second-order valence-electron chi connectivity index (χ2n) is 6.69. The van der Waals surface area contributed by atoms with Crippen molar-refractivity contribution in [2.75, 3.05) is 24.6 Å². The Morgan fingerprint density at radius 1 is 1.32 bits per heavy atom. The van der Waals surface area contributed by atoms with Crippen LogP contribution in [0.5, 0.6) is 0 Å². The molecule has 1 aromatic rings. The van der Waals surface area contributed by atoms with Gasteiger partial charge in [-0.05, 0) is 18.6 Å². The smallest absolute Gasteiger partial charge is 0.354 e. The lowest BCUT2D eigenvalue weighted by atomic mass is 9.96. The summed E-state index contributed by atoms with van der Waals surface area (Å²) in [6.07, 6.45) is 2.43. The lowest BCUT2D eigenvalue weighted by molar-refractivity contribution is -0.159. The number of para-hydroxylation sites is 1. The van der Waals surface area contributed by atoms with Crippen molar-refractivity contribution in [2.45, 2.75) is 31.8 Å². The highest BCUT2D eigenvalue weighted by molar-refractivity contribution is 6.15. The van der Waals surface area contributed by atoms with Gasteiger partial charge in [-0.15, -0.1) is 6.58 Å². The first-order chi connectivity index (χ1) is 13.5. The summed E-state index contributed by atoms with van der Waals surface area (Å²) in [6.45, 7) is 5.64. The summed E-state index contributed by atoms with van der Waals surface area (Å²) in [4.78, 5) is 53.4. The number of nitrogens with zero attached hydrogens (tertiary/aromatic N) is 2. The second kappa shape index (κ2) is 7.84. The van der Waals surface area contributed by atoms with Gasteiger partial charge >= 0.3 is 5.97 Å². The number of anilines is 1. The van der Waals surface area contributed by atoms with Crippen molar-refractivity contribution in [1.82, 2.24) is 10.2 Å². The number of fused-ring (bicyclic) bond motifs is 3. The minimum absolute atomic E-state index is 0.0636. The van der Waals surface area contributed by atoms with Crippen LogP contribution in [0.3, 0.4) is 0 Å². The number of rotatable bonds is 7. The number of carbonyl (C=O) groups excluding carboxylic acids is 4. The number of hydrogen-bond donors (Lipinski definition) is 1. The van der Waals surface area contributed by atoms with Gasteiger partial charge in [-0.1, -0.05) is 25.1 Å². The van der Waals surface area contributed by atoms with Crippen molar-refractivity contribution in [3.8, 4) is 0 Å². The van der Waals surface area contributed by atoms with Crippen LogP contribution in [0, 0.1) is 0 Å². The molecule has 1 fully saturated rings. The zero-order valence-electron chi connectivity index (χ0n) is 15.8. The summed E-state index contributed by atoms with van der Waals surface area (Å²) in [5.74, 6) is -1.88. The molecule has 2 heterocycles. The molecule has 0 saturated carbocycles. The van der Waals surface area contributed by atoms with Gasteiger partial charge in [-0.3, -0.25) is 19.3 Å². The first kappa shape index (κ1) is 19.6. The first-order valence-electron chi connectivity index (χ1n) is 9.26. The first-order valence-corrected chi connectivity index (χ1v) is 9.26. The van der Waals surface area contributed by atoms with Gasteiger partial charge in [0.2, 0.25) is 11.6 Å². The van der Waals surface area contributed by atoms with E-state index in [1.807, 2.05) is 6.92 Å². The third-order valence-electron chi connectivity index (χ3n) is 4.92. The number of esters is 1. The third-order valence-corrected chi connectivity index (χ3v) is 4.92. The van der Waals surface area contributed by atoms with Gasteiger partial charge in [0.25, 0.3) is 11.8 Å². The molecule has 3 amide bonds. The number of ether oxygens (including phenoxy) is 1. The minimum Gasteiger partial charge on any atom is -0.452 e. The SMILES string of the molecule is C=CCN1C(=O)c2ccccc2N2C(=O)CC[C@@]12C(=O)OCC(=O)NCCC. The molecule has 2 aliphatic heterocycles. The van der Waals surface area contributed by atoms with E-state index in [9.17, 15) is 19.2 Å². The molecule has 28 heavy (non-hydrogen) atoms. The molecular weight excluding hydrogens is 362 g/mol. The van der Waals surface area contributed by atoms with Gasteiger partial charge in [0.1, 0.15) is 0 Å². The van der Waals surface area contributed by atoms with Gasteiger partial charge < -0.3 is 15.0 Å². The molecule has 0 aromatic heterocycles. The summed E-state index contributed by atoms with van der Waals surface area (Å²) in [5, 5.41) is 2.62. The van der Waals surface area contributed by atoms with Crippen LogP contribution < -0.4 is 10.2 Å². The summed E-state index contributed by atoms with van der Waals surface area (Å²) in [6, 6.07) is 6.66. The van der Waals surface area contributed by atoms with Crippen LogP contribution in [0.4, 0.5) is 5.69 Å². The summed E-state index contributed by atoms with van der Waals surface area (Å²) in [5.41, 5.74) is -0.895. The monoisotopic (exact) mass is 385 g/mol. The fourth-order valence-corrected chi connectivity index (χ4v) is 3.69. The summed E-state index contributed by atoms with van der Waals surface area (Å²) >= 11 is 0. The van der Waals surface area contributed by atoms with Gasteiger partial charge in [0.05, 0.1) is 11.3 Å². The van der Waals surface area contributed by atoms with Gasteiger partial charge in [-0.2, -0.15) is 0 Å². The van der Waals surface area contributed by atoms with Crippen molar-refractivity contribution in [3.63, 3.8) is 0 Å². The lowest BCUT2D eigenvalue weighted by Crippen LogP contribution is -2.68. The number of nitrogens with one attached hydrogen (secondary N) is 1. The number of carbonyl (C=O) groups is 4. The molecule has 1 N–H and O–H groups in total. The number of benzene rings is 1. The molecule has 148 valence electrons. The molecule has 8 nitrogen and oxygen atoms in total. The topological polar surface area (TPSA) is 96.0 Å². The highest BCUT2D eigenvalue weighted by Crippen LogP contribution is 2.44. The fraction of sp³-hybridized carbons (Fsp3) is 0.400. The molecule has 0 radical (unpaired) electrons. The third kappa shape index (κ3) is 3.04. The summed E-state index contributed by atoms with van der Waals surface area (Å²) in [7, 11) is 0. The Morgan fingerprint density at radius 2 is 2.07 bits per heavy atom. The van der Waals surface area contributed by atoms with Crippen molar-refractivity contribution in [2.24, 2.45) is 0 Å². The molecule has 0 unspecified atom stereocenters. The van der Waals surface area contributed by atoms with E-state index in [1.54, 1.807) is 24.3 Å². The molecule has 1 aromatic carbocycles. The molecule has 3 rings (SSSR count). The highest BCUT2D eigenvalue weighted by atomic mass is 16.5. The molecule has 0 spiro atoms. The normalized spacial score (nSPS) is 20.5. The molecule has 0 aliphatic carbocycles. The molecular formula is C20H23N3O5. The lowest BCUT2D eigenvalue weighted by Gasteiger charge is -2.47. The second-order valence-corrected chi connectivity index (χ2v) is 6.69. The Balaban J connectivity index is 1.98. The van der Waals surface area contributed by atoms with Crippen LogP contribution >= 0.6 is 0 Å². The van der Waals surface area contributed by atoms with E-state index in [-0.39, 0.29) is 31.2 Å². The Kier molecular flexibility index (Phi) is 5.48. The standard InChI is InChI=1S/C20H23N3O5/c1-3-11-21-16(24)13-28-19(27)20-10-9-17(25)23(20)15-8-6-5-7-14(15)18(26)22(20)12-4-2/h4-8H,2-3,9-13H2,1H3,(H,21,24)/t20-/m1/s1. The van der Waals surface area contributed by atoms with Gasteiger partial charge in [0, 0.05) is 25.9 Å². The Bertz CT molecular complexity index is 837. The van der Waals surface area contributed by atoms with Crippen LogP contribution in [0.1, 0.15) is 36.5 Å². The zero-order valence-corrected chi connectivity index (χ0v) is 15.8. The van der Waals surface area contributed by atoms with Crippen LogP contribution in [-0.4, -0.2) is 54.0 Å². The molecule has 1 saturated heterocycles. The highest BCUT2D eigenvalue weighted by Gasteiger charge is 2.61. The van der Waals surface area contributed by atoms with E-state index in [1.165, 1.54) is 15.9 Å². The molecule has 1 atom stereocenters. The number of hydrogen-bond acceptors (Lipinski definition) is 5. The average Bonchev–Trinajstić information content (AvgIpc) is 3.06. The van der Waals surface area contributed by atoms with E-state index < -0.39 is 24.1 Å². The number of amides is 3. The summed E-state index contributed by atoms with van der Waals surface area (Å²) < 4.78 is 5.26. The minimum atomic E-state index is -1.61. The molecule has 8 heteroatoms. The van der Waals surface area contributed by atoms with Crippen LogP contribution in [-0.2, 0) is 19.1 Å². The van der Waals surface area contributed by atoms with Crippen LogP contribution in [0.2, 0.25) is 0 Å². The maximum absolute atomic E-state index is 13.1. The van der Waals surface area contributed by atoms with E-state index in [0.717, 1.165) is 6.42 Å². The quantitative estimate of drug-likeness (QED) is 0.562. The van der Waals surface area contributed by atoms with E-state index in [2.05, 4.69) is 11.9 Å². The molecule has 0 bridgehead atoms. The fourth-order valence-electron chi connectivity index (χ4n) is 3.69. The Labute approximate surface area is 163 Å². The van der Waals surface area contributed by atoms with Gasteiger partial charge in [0.15, 0.2) is 6.61 Å². The maximum Gasteiger partial charge on any atom is 0.354 e. The van der Waals surface area contributed by atoms with E-state index >= 15 is 0 Å². The van der Waals surface area contributed by atoms with E-state index in [0.29, 0.717) is 17.8 Å². The predicted octanol–water partition coefficient (Wildman–Crippen LogP) is 1.22. The largest absolute Gasteiger partial charge is 0.452 e.